The molecule has 0 saturated carbocycles. The van der Waals surface area contributed by atoms with Crippen molar-refractivity contribution in [3.05, 3.63) is 82.6 Å². The normalized spacial score (nSPS) is 10.5. The lowest BCUT2D eigenvalue weighted by molar-refractivity contribution is 0.0691. The molecule has 1 aromatic heterocycles. The number of ether oxygens (including phenoxy) is 1. The van der Waals surface area contributed by atoms with E-state index < -0.39 is 5.97 Å². The molecule has 2 aromatic rings. The molecule has 0 saturated heterocycles. The maximum atomic E-state index is 12.0. The smallest absolute Gasteiger partial charge is 0.345 e. The van der Waals surface area contributed by atoms with Crippen molar-refractivity contribution >= 4 is 11.7 Å². The predicted molar refractivity (Wildman–Crippen MR) is 73.2 cm³/mol. The van der Waals surface area contributed by atoms with Gasteiger partial charge in [0.15, 0.2) is 0 Å². The van der Waals surface area contributed by atoms with Crippen LogP contribution in [0.3, 0.4) is 0 Å². The van der Waals surface area contributed by atoms with Crippen LogP contribution in [-0.4, -0.2) is 11.0 Å². The van der Waals surface area contributed by atoms with Gasteiger partial charge in [0, 0.05) is 29.1 Å². The lowest BCUT2D eigenvalue weighted by Crippen LogP contribution is -2.04. The summed E-state index contributed by atoms with van der Waals surface area (Å²) >= 11 is 0. The minimum absolute atomic E-state index is 0.178. The summed E-state index contributed by atoms with van der Waals surface area (Å²) < 4.78 is 5.24. The van der Waals surface area contributed by atoms with E-state index in [1.54, 1.807) is 42.6 Å². The molecule has 6 heteroatoms. The Balaban J connectivity index is 2.26. The number of esters is 1. The molecule has 0 radical (unpaired) electrons. The van der Waals surface area contributed by atoms with Crippen LogP contribution in [0.5, 0.6) is 0 Å². The van der Waals surface area contributed by atoms with Gasteiger partial charge >= 0.3 is 5.97 Å². The maximum absolute atomic E-state index is 12.0. The van der Waals surface area contributed by atoms with Crippen molar-refractivity contribution in [3.8, 4) is 0 Å². The van der Waals surface area contributed by atoms with Crippen LogP contribution in [0.4, 0.5) is 0 Å². The van der Waals surface area contributed by atoms with Gasteiger partial charge in [0.25, 0.3) is 0 Å². The van der Waals surface area contributed by atoms with Crippen LogP contribution in [0.2, 0.25) is 0 Å². The first-order valence-corrected chi connectivity index (χ1v) is 5.73. The zero-order valence-corrected chi connectivity index (χ0v) is 10.4. The van der Waals surface area contributed by atoms with E-state index in [4.69, 9.17) is 10.3 Å². The fourth-order valence-corrected chi connectivity index (χ4v) is 1.48. The first-order valence-electron chi connectivity index (χ1n) is 5.73. The van der Waals surface area contributed by atoms with E-state index in [0.717, 1.165) is 6.20 Å². The molecular formula is C14H10N4O2. The molecule has 0 bridgehead atoms. The number of hydrogen-bond donors (Lipinski definition) is 0. The van der Waals surface area contributed by atoms with Crippen molar-refractivity contribution in [2.45, 2.75) is 0 Å². The second-order valence-electron chi connectivity index (χ2n) is 3.70. The molecule has 0 N–H and O–H groups in total. The lowest BCUT2D eigenvalue weighted by atomic mass is 10.2. The Hall–Kier alpha value is -3.11. The van der Waals surface area contributed by atoms with Crippen molar-refractivity contribution in [3.63, 3.8) is 0 Å². The Kier molecular flexibility index (Phi) is 4.48. The Morgan fingerprint density at radius 1 is 1.20 bits per heavy atom. The SMILES string of the molecule is [N-]=[N+]=N/C=C(\OC(=O)c1cccnc1)c1ccccc1. The number of azide groups is 1. The van der Waals surface area contributed by atoms with Crippen molar-refractivity contribution in [1.29, 1.82) is 0 Å². The van der Waals surface area contributed by atoms with Gasteiger partial charge in [-0.15, -0.1) is 0 Å². The van der Waals surface area contributed by atoms with Crippen LogP contribution < -0.4 is 0 Å². The van der Waals surface area contributed by atoms with E-state index in [2.05, 4.69) is 15.0 Å². The predicted octanol–water partition coefficient (Wildman–Crippen LogP) is 3.55. The van der Waals surface area contributed by atoms with Gasteiger partial charge in [-0.1, -0.05) is 35.4 Å². The molecule has 0 atom stereocenters. The fourth-order valence-electron chi connectivity index (χ4n) is 1.48. The zero-order valence-electron chi connectivity index (χ0n) is 10.4. The molecule has 2 rings (SSSR count). The van der Waals surface area contributed by atoms with Crippen molar-refractivity contribution in [2.75, 3.05) is 0 Å². The van der Waals surface area contributed by atoms with Crippen molar-refractivity contribution < 1.29 is 9.53 Å². The second-order valence-corrected chi connectivity index (χ2v) is 3.70. The van der Waals surface area contributed by atoms with E-state index in [1.165, 1.54) is 6.20 Å². The topological polar surface area (TPSA) is 88.0 Å². The van der Waals surface area contributed by atoms with Gasteiger partial charge < -0.3 is 4.74 Å². The molecule has 0 fully saturated rings. The highest BCUT2D eigenvalue weighted by Crippen LogP contribution is 2.17. The lowest BCUT2D eigenvalue weighted by Gasteiger charge is -2.08. The Bertz CT molecular complexity index is 662. The van der Waals surface area contributed by atoms with E-state index in [9.17, 15) is 4.79 Å². The summed E-state index contributed by atoms with van der Waals surface area (Å²) in [6.45, 7) is 0. The van der Waals surface area contributed by atoms with Crippen LogP contribution in [0.15, 0.2) is 66.2 Å². The van der Waals surface area contributed by atoms with Crippen LogP contribution in [-0.2, 0) is 4.74 Å². The van der Waals surface area contributed by atoms with Gasteiger partial charge in [0.2, 0.25) is 0 Å². The number of benzene rings is 1. The Morgan fingerprint density at radius 2 is 1.95 bits per heavy atom. The highest BCUT2D eigenvalue weighted by molar-refractivity contribution is 5.92. The van der Waals surface area contributed by atoms with Crippen molar-refractivity contribution in [1.82, 2.24) is 4.98 Å². The van der Waals surface area contributed by atoms with Crippen LogP contribution in [0.25, 0.3) is 16.2 Å². The molecule has 0 aliphatic carbocycles. The molecule has 0 spiro atoms. The zero-order chi connectivity index (χ0) is 14.2. The summed E-state index contributed by atoms with van der Waals surface area (Å²) in [4.78, 5) is 18.4. The minimum Gasteiger partial charge on any atom is -0.422 e. The van der Waals surface area contributed by atoms with Crippen LogP contribution in [0.1, 0.15) is 15.9 Å². The maximum Gasteiger partial charge on any atom is 0.345 e. The van der Waals surface area contributed by atoms with Gasteiger partial charge in [-0.2, -0.15) is 0 Å². The standard InChI is InChI=1S/C14H10N4O2/c15-18-17-10-13(11-5-2-1-3-6-11)20-14(19)12-7-4-8-16-9-12/h1-10H/b13-10-. The molecule has 0 aliphatic rings. The number of nitrogens with zero attached hydrogens (tertiary/aromatic N) is 4. The molecule has 20 heavy (non-hydrogen) atoms. The van der Waals surface area contributed by atoms with Gasteiger partial charge in [-0.3, -0.25) is 4.98 Å². The largest absolute Gasteiger partial charge is 0.422 e. The fraction of sp³-hybridized carbons (Fsp3) is 0. The summed E-state index contributed by atoms with van der Waals surface area (Å²) in [5, 5.41) is 3.32. The van der Waals surface area contributed by atoms with Gasteiger partial charge in [0.1, 0.15) is 5.76 Å². The first kappa shape index (κ1) is 13.3. The van der Waals surface area contributed by atoms with Crippen molar-refractivity contribution in [2.24, 2.45) is 5.11 Å². The summed E-state index contributed by atoms with van der Waals surface area (Å²) in [6.07, 6.45) is 4.12. The molecule has 0 aliphatic heterocycles. The van der Waals surface area contributed by atoms with Crippen LogP contribution >= 0.6 is 0 Å². The summed E-state index contributed by atoms with van der Waals surface area (Å²) in [6, 6.07) is 12.1. The molecule has 0 amide bonds. The highest BCUT2D eigenvalue weighted by atomic mass is 16.5. The average Bonchev–Trinajstić information content (AvgIpc) is 2.53. The van der Waals surface area contributed by atoms with E-state index >= 15 is 0 Å². The number of pyridine rings is 1. The number of carbonyl (C=O) groups is 1. The third kappa shape index (κ3) is 3.44. The molecular weight excluding hydrogens is 256 g/mol. The molecule has 1 aromatic carbocycles. The highest BCUT2D eigenvalue weighted by Gasteiger charge is 2.11. The molecule has 6 nitrogen and oxygen atoms in total. The van der Waals surface area contributed by atoms with Gasteiger partial charge in [0.05, 0.1) is 5.56 Å². The molecule has 0 unspecified atom stereocenters. The molecule has 1 heterocycles. The average molecular weight is 266 g/mol. The summed E-state index contributed by atoms with van der Waals surface area (Å²) in [5.41, 5.74) is 9.33. The Morgan fingerprint density at radius 3 is 2.60 bits per heavy atom. The molecule has 98 valence electrons. The van der Waals surface area contributed by atoms with E-state index in [1.807, 2.05) is 6.07 Å². The van der Waals surface area contributed by atoms with Crippen LogP contribution in [0, 0.1) is 0 Å². The quantitative estimate of drug-likeness (QED) is 0.279. The summed E-state index contributed by atoms with van der Waals surface area (Å²) in [7, 11) is 0. The monoisotopic (exact) mass is 266 g/mol. The summed E-state index contributed by atoms with van der Waals surface area (Å²) in [5.74, 6) is -0.390. The third-order valence-corrected chi connectivity index (χ3v) is 2.38. The minimum atomic E-state index is -0.568. The number of rotatable bonds is 4. The number of hydrogen-bond acceptors (Lipinski definition) is 4. The Labute approximate surface area is 115 Å². The van der Waals surface area contributed by atoms with E-state index in [-0.39, 0.29) is 5.76 Å². The number of carbonyl (C=O) groups excluding carboxylic acids is 1. The van der Waals surface area contributed by atoms with Gasteiger partial charge in [-0.05, 0) is 17.7 Å². The van der Waals surface area contributed by atoms with E-state index in [0.29, 0.717) is 11.1 Å². The second kappa shape index (κ2) is 6.72. The third-order valence-electron chi connectivity index (χ3n) is 2.38. The first-order chi connectivity index (χ1) is 9.81. The number of aromatic nitrogens is 1. The van der Waals surface area contributed by atoms with Gasteiger partial charge in [-0.25, -0.2) is 4.79 Å².